The van der Waals surface area contributed by atoms with Gasteiger partial charge in [0, 0.05) is 24.3 Å². The Hall–Kier alpha value is -3.10. The quantitative estimate of drug-likeness (QED) is 0.656. The van der Waals surface area contributed by atoms with Gasteiger partial charge in [0.1, 0.15) is 11.8 Å². The zero-order valence-electron chi connectivity index (χ0n) is 16.4. The van der Waals surface area contributed by atoms with Crippen molar-refractivity contribution in [1.82, 2.24) is 10.2 Å². The smallest absolute Gasteiger partial charge is 0.415 e. The number of nitrogens with one attached hydrogen (secondary N) is 1. The predicted octanol–water partition coefficient (Wildman–Crippen LogP) is 1.74. The third-order valence-corrected chi connectivity index (χ3v) is 4.75. The molecule has 0 unspecified atom stereocenters. The number of aliphatic hydroxyl groups is 1. The number of likely N-dealkylation sites (N-methyl/N-ethyl adjacent to an activating group) is 1. The second kappa shape index (κ2) is 8.93. The van der Waals surface area contributed by atoms with E-state index in [0.717, 1.165) is 12.1 Å². The van der Waals surface area contributed by atoms with Gasteiger partial charge in [-0.25, -0.2) is 4.79 Å². The maximum Gasteiger partial charge on any atom is 0.415 e. The number of nitrogens with zero attached hydrogens (tertiary/aromatic N) is 2. The lowest BCUT2D eigenvalue weighted by molar-refractivity contribution is 0.0829. The second-order valence-corrected chi connectivity index (χ2v) is 7.12. The largest absolute Gasteiger partial charge is 0.508 e. The molecule has 1 aliphatic heterocycles. The van der Waals surface area contributed by atoms with Crippen LogP contribution in [-0.2, 0) is 4.74 Å². The molecule has 8 heteroatoms. The van der Waals surface area contributed by atoms with Crippen LogP contribution in [-0.4, -0.2) is 67.0 Å². The Morgan fingerprint density at radius 1 is 1.14 bits per heavy atom. The van der Waals surface area contributed by atoms with E-state index in [4.69, 9.17) is 4.74 Å². The molecule has 1 fully saturated rings. The molecule has 0 radical (unpaired) electrons. The number of benzene rings is 2. The standard InChI is InChI=1S/C21H25N3O5/c1-23(2)12-11-22-20(27)15-3-7-16(8-4-15)24-19(18(13-25)29-21(24)28)14-5-9-17(26)10-6-14/h3-10,18-19,25-26H,11-13H2,1-2H3,(H,22,27)/t18-,19-/m1/s1. The summed E-state index contributed by atoms with van der Waals surface area (Å²) >= 11 is 0. The number of phenols is 1. The average Bonchev–Trinajstić information content (AvgIpc) is 3.04. The molecule has 2 atom stereocenters. The van der Waals surface area contributed by atoms with Gasteiger partial charge < -0.3 is 25.2 Å². The Kier molecular flexibility index (Phi) is 6.36. The molecule has 154 valence electrons. The topological polar surface area (TPSA) is 102 Å². The first-order valence-electron chi connectivity index (χ1n) is 9.33. The van der Waals surface area contributed by atoms with Crippen molar-refractivity contribution in [2.24, 2.45) is 0 Å². The van der Waals surface area contributed by atoms with Crippen LogP contribution >= 0.6 is 0 Å². The van der Waals surface area contributed by atoms with Crippen LogP contribution in [0.1, 0.15) is 22.0 Å². The summed E-state index contributed by atoms with van der Waals surface area (Å²) in [5.74, 6) is -0.0820. The maximum atomic E-state index is 12.5. The molecule has 0 aliphatic carbocycles. The van der Waals surface area contributed by atoms with Crippen molar-refractivity contribution in [3.63, 3.8) is 0 Å². The number of hydrogen-bond acceptors (Lipinski definition) is 6. The minimum atomic E-state index is -0.735. The number of cyclic esters (lactones) is 1. The van der Waals surface area contributed by atoms with Gasteiger partial charge in [-0.1, -0.05) is 12.1 Å². The number of hydrogen-bond donors (Lipinski definition) is 3. The Morgan fingerprint density at radius 3 is 2.38 bits per heavy atom. The highest BCUT2D eigenvalue weighted by Gasteiger charge is 2.43. The van der Waals surface area contributed by atoms with E-state index in [1.165, 1.54) is 17.0 Å². The second-order valence-electron chi connectivity index (χ2n) is 7.12. The first-order chi connectivity index (χ1) is 13.9. The monoisotopic (exact) mass is 399 g/mol. The molecule has 0 bridgehead atoms. The van der Waals surface area contributed by atoms with Crippen LogP contribution in [0, 0.1) is 0 Å². The summed E-state index contributed by atoms with van der Waals surface area (Å²) in [7, 11) is 3.86. The number of phenolic OH excluding ortho intramolecular Hbond substituents is 1. The highest BCUT2D eigenvalue weighted by molar-refractivity contribution is 5.96. The van der Waals surface area contributed by atoms with Crippen LogP contribution in [0.15, 0.2) is 48.5 Å². The number of carbonyl (C=O) groups excluding carboxylic acids is 2. The molecule has 29 heavy (non-hydrogen) atoms. The van der Waals surface area contributed by atoms with E-state index in [0.29, 0.717) is 17.8 Å². The van der Waals surface area contributed by atoms with Gasteiger partial charge >= 0.3 is 6.09 Å². The molecule has 3 N–H and O–H groups in total. The van der Waals surface area contributed by atoms with Crippen LogP contribution < -0.4 is 10.2 Å². The maximum absolute atomic E-state index is 12.5. The lowest BCUT2D eigenvalue weighted by Crippen LogP contribution is -2.32. The molecule has 1 saturated heterocycles. The molecule has 0 aromatic heterocycles. The van der Waals surface area contributed by atoms with E-state index in [9.17, 15) is 19.8 Å². The Morgan fingerprint density at radius 2 is 1.79 bits per heavy atom. The first kappa shape index (κ1) is 20.6. The highest BCUT2D eigenvalue weighted by atomic mass is 16.6. The molecule has 2 amide bonds. The Labute approximate surface area is 169 Å². The van der Waals surface area contributed by atoms with Gasteiger partial charge in [0.25, 0.3) is 5.91 Å². The number of aromatic hydroxyl groups is 1. The molecule has 8 nitrogen and oxygen atoms in total. The predicted molar refractivity (Wildman–Crippen MR) is 108 cm³/mol. The van der Waals surface area contributed by atoms with Gasteiger partial charge in [0.05, 0.1) is 6.61 Å². The van der Waals surface area contributed by atoms with Crippen LogP contribution in [0.3, 0.4) is 0 Å². The number of ether oxygens (including phenoxy) is 1. The van der Waals surface area contributed by atoms with Crippen molar-refractivity contribution in [1.29, 1.82) is 0 Å². The fourth-order valence-corrected chi connectivity index (χ4v) is 3.24. The number of amides is 2. The van der Waals surface area contributed by atoms with Crippen LogP contribution in [0.4, 0.5) is 10.5 Å². The van der Waals surface area contributed by atoms with Crippen molar-refractivity contribution in [2.75, 3.05) is 38.7 Å². The molecular formula is C21H25N3O5. The molecule has 1 heterocycles. The highest BCUT2D eigenvalue weighted by Crippen LogP contribution is 2.37. The van der Waals surface area contributed by atoms with E-state index >= 15 is 0 Å². The molecule has 2 aromatic rings. The van der Waals surface area contributed by atoms with Gasteiger partial charge in [-0.15, -0.1) is 0 Å². The van der Waals surface area contributed by atoms with Crippen molar-refractivity contribution < 1.29 is 24.5 Å². The molecule has 0 saturated carbocycles. The minimum absolute atomic E-state index is 0.107. The summed E-state index contributed by atoms with van der Waals surface area (Å²) < 4.78 is 5.32. The summed E-state index contributed by atoms with van der Waals surface area (Å²) in [5, 5.41) is 22.0. The number of anilines is 1. The molecule has 1 aliphatic rings. The third-order valence-electron chi connectivity index (χ3n) is 4.75. The van der Waals surface area contributed by atoms with E-state index in [1.54, 1.807) is 36.4 Å². The van der Waals surface area contributed by atoms with Gasteiger partial charge in [0.15, 0.2) is 6.10 Å². The van der Waals surface area contributed by atoms with E-state index in [2.05, 4.69) is 5.32 Å². The number of rotatable bonds is 7. The van der Waals surface area contributed by atoms with Gasteiger partial charge in [-0.3, -0.25) is 9.69 Å². The minimum Gasteiger partial charge on any atom is -0.508 e. The van der Waals surface area contributed by atoms with E-state index in [1.807, 2.05) is 19.0 Å². The summed E-state index contributed by atoms with van der Waals surface area (Å²) in [6.07, 6.45) is -1.31. The zero-order valence-corrected chi connectivity index (χ0v) is 16.4. The van der Waals surface area contributed by atoms with Crippen molar-refractivity contribution in [2.45, 2.75) is 12.1 Å². The van der Waals surface area contributed by atoms with Gasteiger partial charge in [-0.05, 0) is 56.1 Å². The summed E-state index contributed by atoms with van der Waals surface area (Å²) in [6.45, 7) is 0.938. The average molecular weight is 399 g/mol. The van der Waals surface area contributed by atoms with Gasteiger partial charge in [-0.2, -0.15) is 0 Å². The summed E-state index contributed by atoms with van der Waals surface area (Å²) in [4.78, 5) is 28.1. The Bertz CT molecular complexity index is 852. The van der Waals surface area contributed by atoms with Gasteiger partial charge in [0.2, 0.25) is 0 Å². The summed E-state index contributed by atoms with van der Waals surface area (Å²) in [5.41, 5.74) is 1.76. The summed E-state index contributed by atoms with van der Waals surface area (Å²) in [6, 6.07) is 12.5. The van der Waals surface area contributed by atoms with Crippen LogP contribution in [0.5, 0.6) is 5.75 Å². The van der Waals surface area contributed by atoms with Crippen molar-refractivity contribution in [3.8, 4) is 5.75 Å². The normalized spacial score (nSPS) is 18.8. The van der Waals surface area contributed by atoms with Crippen molar-refractivity contribution >= 4 is 17.7 Å². The molecule has 0 spiro atoms. The molecule has 3 rings (SSSR count). The third kappa shape index (κ3) is 4.67. The van der Waals surface area contributed by atoms with E-state index in [-0.39, 0.29) is 18.3 Å². The van der Waals surface area contributed by atoms with Crippen LogP contribution in [0.2, 0.25) is 0 Å². The lowest BCUT2D eigenvalue weighted by atomic mass is 10.00. The molecular weight excluding hydrogens is 374 g/mol. The SMILES string of the molecule is CN(C)CCNC(=O)c1ccc(N2C(=O)O[C@H](CO)[C@H]2c2ccc(O)cc2)cc1. The Balaban J connectivity index is 1.81. The first-order valence-corrected chi connectivity index (χ1v) is 9.33. The molecule has 2 aromatic carbocycles. The fraction of sp³-hybridized carbons (Fsp3) is 0.333. The zero-order chi connectivity index (χ0) is 21.0. The lowest BCUT2D eigenvalue weighted by Gasteiger charge is -2.24. The van der Waals surface area contributed by atoms with Crippen LogP contribution in [0.25, 0.3) is 0 Å². The number of carbonyl (C=O) groups is 2. The van der Waals surface area contributed by atoms with E-state index < -0.39 is 18.2 Å². The number of aliphatic hydroxyl groups excluding tert-OH is 1. The fourth-order valence-electron chi connectivity index (χ4n) is 3.24. The van der Waals surface area contributed by atoms with Crippen molar-refractivity contribution in [3.05, 3.63) is 59.7 Å².